The molecule has 0 bridgehead atoms. The number of carbonyl (C=O) groups excluding carboxylic acids is 2. The molecule has 0 unspecified atom stereocenters. The minimum atomic E-state index is -0.115. The van der Waals surface area contributed by atoms with Crippen molar-refractivity contribution in [2.75, 3.05) is 32.8 Å². The zero-order chi connectivity index (χ0) is 16.1. The maximum Gasteiger partial charge on any atom is 0.242 e. The van der Waals surface area contributed by atoms with E-state index in [4.69, 9.17) is 4.74 Å². The van der Waals surface area contributed by atoms with Crippen LogP contribution in [0.25, 0.3) is 0 Å². The molecular weight excluding hydrogens is 294 g/mol. The van der Waals surface area contributed by atoms with Crippen molar-refractivity contribution >= 4 is 11.8 Å². The van der Waals surface area contributed by atoms with Gasteiger partial charge in [-0.25, -0.2) is 0 Å². The molecular formula is C17H23N3O3. The van der Waals surface area contributed by atoms with Crippen molar-refractivity contribution in [1.82, 2.24) is 14.8 Å². The maximum absolute atomic E-state index is 12.6. The predicted octanol–water partition coefficient (Wildman–Crippen LogP) is 1.38. The summed E-state index contributed by atoms with van der Waals surface area (Å²) in [6, 6.07) is 3.83. The van der Waals surface area contributed by atoms with E-state index in [1.54, 1.807) is 17.3 Å². The number of morpholine rings is 1. The average molecular weight is 317 g/mol. The van der Waals surface area contributed by atoms with Crippen LogP contribution in [0.1, 0.15) is 37.4 Å². The number of amides is 2. The van der Waals surface area contributed by atoms with Crippen molar-refractivity contribution < 1.29 is 14.3 Å². The SMILES string of the molecule is O=C1CCCCCN1CC(=O)N1CCO[C@H](c2ccncc2)C1. The highest BCUT2D eigenvalue weighted by Gasteiger charge is 2.27. The first-order valence-electron chi connectivity index (χ1n) is 8.31. The van der Waals surface area contributed by atoms with Crippen molar-refractivity contribution in [3.63, 3.8) is 0 Å². The van der Waals surface area contributed by atoms with Crippen LogP contribution in [0.3, 0.4) is 0 Å². The molecule has 6 nitrogen and oxygen atoms in total. The smallest absolute Gasteiger partial charge is 0.242 e. The highest BCUT2D eigenvalue weighted by Crippen LogP contribution is 2.22. The van der Waals surface area contributed by atoms with Crippen LogP contribution in [0.5, 0.6) is 0 Å². The molecule has 1 atom stereocenters. The molecule has 2 saturated heterocycles. The third kappa shape index (κ3) is 4.07. The number of hydrogen-bond donors (Lipinski definition) is 0. The van der Waals surface area contributed by atoms with Gasteiger partial charge in [-0.1, -0.05) is 6.42 Å². The van der Waals surface area contributed by atoms with E-state index >= 15 is 0 Å². The predicted molar refractivity (Wildman–Crippen MR) is 84.6 cm³/mol. The van der Waals surface area contributed by atoms with E-state index in [1.807, 2.05) is 17.0 Å². The number of aromatic nitrogens is 1. The van der Waals surface area contributed by atoms with Crippen molar-refractivity contribution in [3.05, 3.63) is 30.1 Å². The van der Waals surface area contributed by atoms with Gasteiger partial charge in [0, 0.05) is 31.9 Å². The number of hydrogen-bond acceptors (Lipinski definition) is 4. The summed E-state index contributed by atoms with van der Waals surface area (Å²) < 4.78 is 5.77. The molecule has 0 aromatic carbocycles. The Hall–Kier alpha value is -1.95. The lowest BCUT2D eigenvalue weighted by Gasteiger charge is -2.34. The normalized spacial score (nSPS) is 22.8. The number of pyridine rings is 1. The van der Waals surface area contributed by atoms with E-state index in [0.29, 0.717) is 32.7 Å². The third-order valence-corrected chi connectivity index (χ3v) is 4.49. The first kappa shape index (κ1) is 15.9. The van der Waals surface area contributed by atoms with Gasteiger partial charge in [-0.2, -0.15) is 0 Å². The summed E-state index contributed by atoms with van der Waals surface area (Å²) in [5.74, 6) is 0.123. The molecule has 1 aromatic rings. The van der Waals surface area contributed by atoms with E-state index in [2.05, 4.69) is 4.98 Å². The molecule has 0 saturated carbocycles. The summed E-state index contributed by atoms with van der Waals surface area (Å²) in [4.78, 5) is 32.1. The molecule has 0 radical (unpaired) electrons. The van der Waals surface area contributed by atoms with Gasteiger partial charge in [0.25, 0.3) is 0 Å². The van der Waals surface area contributed by atoms with Gasteiger partial charge in [0.15, 0.2) is 0 Å². The van der Waals surface area contributed by atoms with Crippen molar-refractivity contribution in [3.8, 4) is 0 Å². The Morgan fingerprint density at radius 3 is 2.87 bits per heavy atom. The Morgan fingerprint density at radius 2 is 2.04 bits per heavy atom. The molecule has 124 valence electrons. The molecule has 2 amide bonds. The van der Waals surface area contributed by atoms with Gasteiger partial charge in [0.2, 0.25) is 11.8 Å². The minimum Gasteiger partial charge on any atom is -0.370 e. The summed E-state index contributed by atoms with van der Waals surface area (Å²) in [7, 11) is 0. The van der Waals surface area contributed by atoms with Crippen LogP contribution in [0.15, 0.2) is 24.5 Å². The summed E-state index contributed by atoms with van der Waals surface area (Å²) in [6.45, 7) is 2.53. The highest BCUT2D eigenvalue weighted by atomic mass is 16.5. The van der Waals surface area contributed by atoms with Crippen molar-refractivity contribution in [2.24, 2.45) is 0 Å². The topological polar surface area (TPSA) is 62.7 Å². The number of rotatable bonds is 3. The molecule has 3 heterocycles. The largest absolute Gasteiger partial charge is 0.370 e. The molecule has 2 fully saturated rings. The van der Waals surface area contributed by atoms with Crippen molar-refractivity contribution in [2.45, 2.75) is 31.8 Å². The first-order valence-corrected chi connectivity index (χ1v) is 8.31. The average Bonchev–Trinajstić information content (AvgIpc) is 2.80. The molecule has 0 N–H and O–H groups in total. The quantitative estimate of drug-likeness (QED) is 0.845. The molecule has 23 heavy (non-hydrogen) atoms. The van der Waals surface area contributed by atoms with Crippen LogP contribution < -0.4 is 0 Å². The Bertz CT molecular complexity index is 549. The van der Waals surface area contributed by atoms with Crippen LogP contribution in [-0.2, 0) is 14.3 Å². The number of likely N-dealkylation sites (tertiary alicyclic amines) is 1. The number of nitrogens with zero attached hydrogens (tertiary/aromatic N) is 3. The zero-order valence-corrected chi connectivity index (χ0v) is 13.3. The van der Waals surface area contributed by atoms with E-state index in [0.717, 1.165) is 24.8 Å². The Morgan fingerprint density at radius 1 is 1.22 bits per heavy atom. The van der Waals surface area contributed by atoms with Crippen LogP contribution in [0, 0.1) is 0 Å². The second kappa shape index (κ2) is 7.55. The molecule has 1 aromatic heterocycles. The van der Waals surface area contributed by atoms with Crippen LogP contribution in [0.2, 0.25) is 0 Å². The molecule has 2 aliphatic rings. The number of carbonyl (C=O) groups is 2. The minimum absolute atomic E-state index is 0.0163. The summed E-state index contributed by atoms with van der Waals surface area (Å²) in [6.07, 6.45) is 6.90. The summed E-state index contributed by atoms with van der Waals surface area (Å²) in [5, 5.41) is 0. The van der Waals surface area contributed by atoms with Gasteiger partial charge in [0.05, 0.1) is 19.7 Å². The Kier molecular flexibility index (Phi) is 5.23. The second-order valence-corrected chi connectivity index (χ2v) is 6.11. The lowest BCUT2D eigenvalue weighted by Crippen LogP contribution is -2.47. The van der Waals surface area contributed by atoms with Crippen LogP contribution in [0.4, 0.5) is 0 Å². The monoisotopic (exact) mass is 317 g/mol. The van der Waals surface area contributed by atoms with Gasteiger partial charge in [-0.05, 0) is 30.5 Å². The molecule has 3 rings (SSSR count). The maximum atomic E-state index is 12.6. The van der Waals surface area contributed by atoms with Gasteiger partial charge in [-0.3, -0.25) is 14.6 Å². The molecule has 6 heteroatoms. The molecule has 2 aliphatic heterocycles. The lowest BCUT2D eigenvalue weighted by atomic mass is 10.1. The highest BCUT2D eigenvalue weighted by molar-refractivity contribution is 5.85. The van der Waals surface area contributed by atoms with Gasteiger partial charge < -0.3 is 14.5 Å². The summed E-state index contributed by atoms with van der Waals surface area (Å²) in [5.41, 5.74) is 1.03. The molecule has 0 aliphatic carbocycles. The third-order valence-electron chi connectivity index (χ3n) is 4.49. The fourth-order valence-electron chi connectivity index (χ4n) is 3.12. The van der Waals surface area contributed by atoms with Gasteiger partial charge in [-0.15, -0.1) is 0 Å². The molecule has 0 spiro atoms. The standard InChI is InChI=1S/C17H23N3O3/c21-16-4-2-1-3-9-19(16)13-17(22)20-10-11-23-15(12-20)14-5-7-18-8-6-14/h5-8,15H,1-4,9-13H2/t15-/m0/s1. The Labute approximate surface area is 136 Å². The van der Waals surface area contributed by atoms with Crippen LogP contribution >= 0.6 is 0 Å². The van der Waals surface area contributed by atoms with E-state index < -0.39 is 0 Å². The fraction of sp³-hybridized carbons (Fsp3) is 0.588. The van der Waals surface area contributed by atoms with E-state index in [1.165, 1.54) is 0 Å². The van der Waals surface area contributed by atoms with Crippen LogP contribution in [-0.4, -0.2) is 59.4 Å². The number of ether oxygens (including phenoxy) is 1. The summed E-state index contributed by atoms with van der Waals surface area (Å²) >= 11 is 0. The second-order valence-electron chi connectivity index (χ2n) is 6.11. The fourth-order valence-corrected chi connectivity index (χ4v) is 3.12. The lowest BCUT2D eigenvalue weighted by molar-refractivity contribution is -0.145. The van der Waals surface area contributed by atoms with E-state index in [-0.39, 0.29) is 24.5 Å². The van der Waals surface area contributed by atoms with Gasteiger partial charge >= 0.3 is 0 Å². The first-order chi connectivity index (χ1) is 11.2. The van der Waals surface area contributed by atoms with Crippen molar-refractivity contribution in [1.29, 1.82) is 0 Å². The zero-order valence-electron chi connectivity index (χ0n) is 13.3. The Balaban J connectivity index is 1.59. The van der Waals surface area contributed by atoms with Gasteiger partial charge in [0.1, 0.15) is 6.10 Å². The van der Waals surface area contributed by atoms with E-state index in [9.17, 15) is 9.59 Å².